The molecule has 1 fully saturated rings. The molecule has 0 aromatic heterocycles. The number of nitrogens with one attached hydrogen (secondary N) is 1. The third-order valence-corrected chi connectivity index (χ3v) is 3.70. The van der Waals surface area contributed by atoms with Crippen LogP contribution in [0.2, 0.25) is 0 Å². The lowest BCUT2D eigenvalue weighted by Gasteiger charge is -2.00. The lowest BCUT2D eigenvalue weighted by atomic mass is 10.2. The van der Waals surface area contributed by atoms with Gasteiger partial charge in [0.2, 0.25) is 0 Å². The quantitative estimate of drug-likeness (QED) is 0.572. The first-order valence-corrected chi connectivity index (χ1v) is 7.45. The van der Waals surface area contributed by atoms with Crippen LogP contribution >= 0.6 is 0 Å². The van der Waals surface area contributed by atoms with Crippen molar-refractivity contribution in [1.82, 2.24) is 5.43 Å². The van der Waals surface area contributed by atoms with Gasteiger partial charge in [-0.15, -0.1) is 5.11 Å². The minimum Gasteiger partial charge on any atom is -0.260 e. The van der Waals surface area contributed by atoms with E-state index in [1.807, 2.05) is 32.1 Å². The number of allylic oxidation sites excluding steroid dienone is 8. The van der Waals surface area contributed by atoms with Crippen molar-refractivity contribution in [2.75, 3.05) is 0 Å². The van der Waals surface area contributed by atoms with Gasteiger partial charge in [0, 0.05) is 1.43 Å². The van der Waals surface area contributed by atoms with E-state index in [2.05, 4.69) is 53.1 Å². The highest BCUT2D eigenvalue weighted by Crippen LogP contribution is 2.50. The SMILES string of the molecule is CC.CC1C2C=CC(N=NNC3=CC=CCC=C3)=CC12.[HH]. The van der Waals surface area contributed by atoms with Crippen molar-refractivity contribution in [3.63, 3.8) is 0 Å². The van der Waals surface area contributed by atoms with Gasteiger partial charge < -0.3 is 0 Å². The molecule has 3 heteroatoms. The second-order valence-electron chi connectivity index (χ2n) is 4.96. The Kier molecular flexibility index (Phi) is 5.10. The van der Waals surface area contributed by atoms with Gasteiger partial charge in [-0.1, -0.05) is 56.4 Å². The van der Waals surface area contributed by atoms with Crippen molar-refractivity contribution >= 4 is 0 Å². The minimum atomic E-state index is 0. The molecule has 20 heavy (non-hydrogen) atoms. The summed E-state index contributed by atoms with van der Waals surface area (Å²) in [7, 11) is 0. The first-order valence-electron chi connectivity index (χ1n) is 7.45. The zero-order chi connectivity index (χ0) is 14.4. The van der Waals surface area contributed by atoms with Crippen molar-refractivity contribution in [3.8, 4) is 0 Å². The summed E-state index contributed by atoms with van der Waals surface area (Å²) in [5.41, 5.74) is 4.88. The number of hydrogen-bond donors (Lipinski definition) is 1. The molecule has 3 unspecified atom stereocenters. The molecular formula is C17H25N3. The lowest BCUT2D eigenvalue weighted by molar-refractivity contribution is 0.815. The number of fused-ring (bicyclic) bond motifs is 1. The Labute approximate surface area is 123 Å². The van der Waals surface area contributed by atoms with E-state index in [0.29, 0.717) is 5.92 Å². The van der Waals surface area contributed by atoms with Gasteiger partial charge in [0.15, 0.2) is 0 Å². The topological polar surface area (TPSA) is 36.8 Å². The molecule has 0 aromatic carbocycles. The van der Waals surface area contributed by atoms with Crippen LogP contribution in [0.25, 0.3) is 0 Å². The molecule has 1 saturated carbocycles. The minimum absolute atomic E-state index is 0. The molecule has 0 radical (unpaired) electrons. The van der Waals surface area contributed by atoms with Crippen molar-refractivity contribution in [2.45, 2.75) is 27.2 Å². The highest BCUT2D eigenvalue weighted by molar-refractivity contribution is 5.31. The normalized spacial score (nSPS) is 29.9. The Morgan fingerprint density at radius 3 is 2.85 bits per heavy atom. The maximum absolute atomic E-state index is 4.21. The van der Waals surface area contributed by atoms with Crippen LogP contribution in [0.5, 0.6) is 0 Å². The van der Waals surface area contributed by atoms with Gasteiger partial charge in [-0.2, -0.15) is 0 Å². The molecule has 0 heterocycles. The summed E-state index contributed by atoms with van der Waals surface area (Å²) in [5.74, 6) is 2.21. The molecule has 0 spiro atoms. The van der Waals surface area contributed by atoms with E-state index in [1.54, 1.807) is 0 Å². The fraction of sp³-hybridized carbons (Fsp3) is 0.412. The smallest absolute Gasteiger partial charge is 0.0834 e. The van der Waals surface area contributed by atoms with Gasteiger partial charge in [-0.05, 0) is 42.4 Å². The average Bonchev–Trinajstić information content (AvgIpc) is 3.21. The summed E-state index contributed by atoms with van der Waals surface area (Å²) in [5, 5.41) is 8.25. The van der Waals surface area contributed by atoms with Crippen LogP contribution in [0, 0.1) is 17.8 Å². The summed E-state index contributed by atoms with van der Waals surface area (Å²) < 4.78 is 0. The zero-order valence-corrected chi connectivity index (χ0v) is 12.5. The molecule has 3 aliphatic carbocycles. The van der Waals surface area contributed by atoms with E-state index in [9.17, 15) is 0 Å². The molecule has 0 bridgehead atoms. The van der Waals surface area contributed by atoms with Crippen LogP contribution < -0.4 is 5.43 Å². The first kappa shape index (κ1) is 14.5. The van der Waals surface area contributed by atoms with E-state index >= 15 is 0 Å². The van der Waals surface area contributed by atoms with Gasteiger partial charge >= 0.3 is 0 Å². The van der Waals surface area contributed by atoms with Gasteiger partial charge in [0.1, 0.15) is 0 Å². The summed E-state index contributed by atoms with van der Waals surface area (Å²) in [6.45, 7) is 6.28. The summed E-state index contributed by atoms with van der Waals surface area (Å²) in [6, 6.07) is 0. The number of hydrogen-bond acceptors (Lipinski definition) is 2. The maximum atomic E-state index is 4.21. The second-order valence-corrected chi connectivity index (χ2v) is 4.96. The van der Waals surface area contributed by atoms with Crippen molar-refractivity contribution < 1.29 is 1.43 Å². The predicted molar refractivity (Wildman–Crippen MR) is 85.8 cm³/mol. The number of nitrogens with zero attached hydrogens (tertiary/aromatic N) is 2. The molecule has 1 N–H and O–H groups in total. The first-order chi connectivity index (χ1) is 9.84. The highest BCUT2D eigenvalue weighted by atomic mass is 15.4. The molecule has 108 valence electrons. The van der Waals surface area contributed by atoms with Gasteiger partial charge in [-0.25, -0.2) is 0 Å². The fourth-order valence-electron chi connectivity index (χ4n) is 2.42. The molecule has 3 aliphatic rings. The van der Waals surface area contributed by atoms with Crippen molar-refractivity contribution in [2.24, 2.45) is 28.1 Å². The monoisotopic (exact) mass is 271 g/mol. The second kappa shape index (κ2) is 7.04. The highest BCUT2D eigenvalue weighted by Gasteiger charge is 2.44. The van der Waals surface area contributed by atoms with Crippen LogP contribution in [0.3, 0.4) is 0 Å². The largest absolute Gasteiger partial charge is 0.260 e. The molecule has 3 nitrogen and oxygen atoms in total. The molecule has 0 aliphatic heterocycles. The Morgan fingerprint density at radius 2 is 2.05 bits per heavy atom. The van der Waals surface area contributed by atoms with E-state index in [1.165, 1.54) is 0 Å². The molecule has 0 saturated heterocycles. The molecule has 3 rings (SSSR count). The Hall–Kier alpha value is -1.90. The van der Waals surface area contributed by atoms with Crippen LogP contribution in [0.4, 0.5) is 0 Å². The van der Waals surface area contributed by atoms with Crippen LogP contribution in [0.15, 0.2) is 70.3 Å². The lowest BCUT2D eigenvalue weighted by Crippen LogP contribution is -2.01. The fourth-order valence-corrected chi connectivity index (χ4v) is 2.42. The van der Waals surface area contributed by atoms with Crippen molar-refractivity contribution in [3.05, 3.63) is 60.0 Å². The van der Waals surface area contributed by atoms with E-state index in [4.69, 9.17) is 0 Å². The molecular weight excluding hydrogens is 246 g/mol. The Bertz CT molecular complexity index is 512. The average molecular weight is 271 g/mol. The Morgan fingerprint density at radius 1 is 1.20 bits per heavy atom. The van der Waals surface area contributed by atoms with E-state index < -0.39 is 0 Å². The maximum Gasteiger partial charge on any atom is 0.0834 e. The van der Waals surface area contributed by atoms with Crippen LogP contribution in [0.1, 0.15) is 28.6 Å². The molecule has 3 atom stereocenters. The molecule has 0 aromatic rings. The van der Waals surface area contributed by atoms with E-state index in [-0.39, 0.29) is 1.43 Å². The van der Waals surface area contributed by atoms with Gasteiger partial charge in [-0.3, -0.25) is 5.43 Å². The third kappa shape index (κ3) is 3.56. The van der Waals surface area contributed by atoms with E-state index in [0.717, 1.165) is 29.7 Å². The molecule has 0 amide bonds. The standard InChI is InChI=1S/C15H17N3.C2H6.H2/c1-11-14-9-8-13(10-15(11)14)17-18-16-12-6-4-2-3-5-7-12;1-2;/h2,4-11,14-15H,3H2,1H3,(H,16,17);1-2H3;1H. The summed E-state index contributed by atoms with van der Waals surface area (Å²) >= 11 is 0. The summed E-state index contributed by atoms with van der Waals surface area (Å²) in [6.07, 6.45) is 17.7. The summed E-state index contributed by atoms with van der Waals surface area (Å²) in [4.78, 5) is 0. The third-order valence-electron chi connectivity index (χ3n) is 3.70. The number of rotatable bonds is 3. The van der Waals surface area contributed by atoms with Crippen molar-refractivity contribution in [1.29, 1.82) is 0 Å². The predicted octanol–water partition coefficient (Wildman–Crippen LogP) is 4.95. The van der Waals surface area contributed by atoms with Crippen LogP contribution in [-0.2, 0) is 0 Å². The van der Waals surface area contributed by atoms with Crippen LogP contribution in [-0.4, -0.2) is 0 Å². The Balaban J connectivity index is 0.000000706. The van der Waals surface area contributed by atoms with Gasteiger partial charge in [0.25, 0.3) is 0 Å². The zero-order valence-electron chi connectivity index (χ0n) is 12.5. The van der Waals surface area contributed by atoms with Gasteiger partial charge in [0.05, 0.1) is 11.4 Å².